The molecule has 3 aromatic rings. The van der Waals surface area contributed by atoms with Gasteiger partial charge in [-0.15, -0.1) is 21.5 Å². The van der Waals surface area contributed by atoms with Crippen molar-refractivity contribution in [1.82, 2.24) is 20.6 Å². The standard InChI is InChI=1S/C16H16N4OS/c1-16(2)6-5-11-13(8-16)22-12-7-9(15-17-19-20-18-15)3-4-10(12)14(11)21/h3-4,7H,5-6,8H2,1-2H3,(H,17,18,19,20). The Morgan fingerprint density at radius 3 is 2.95 bits per heavy atom. The third kappa shape index (κ3) is 2.14. The van der Waals surface area contributed by atoms with E-state index in [0.29, 0.717) is 5.82 Å². The predicted molar refractivity (Wildman–Crippen MR) is 87.1 cm³/mol. The second-order valence-corrected chi connectivity index (χ2v) is 7.76. The van der Waals surface area contributed by atoms with Gasteiger partial charge in [0.15, 0.2) is 5.43 Å². The molecule has 1 aliphatic rings. The van der Waals surface area contributed by atoms with Crippen LogP contribution in [-0.4, -0.2) is 20.6 Å². The lowest BCUT2D eigenvalue weighted by molar-refractivity contribution is 0.318. The van der Waals surface area contributed by atoms with Crippen molar-refractivity contribution in [3.63, 3.8) is 0 Å². The minimum Gasteiger partial charge on any atom is -0.289 e. The Hall–Kier alpha value is -2.08. The van der Waals surface area contributed by atoms with Gasteiger partial charge < -0.3 is 0 Å². The molecule has 0 radical (unpaired) electrons. The Morgan fingerprint density at radius 1 is 1.32 bits per heavy atom. The second kappa shape index (κ2) is 4.71. The molecule has 5 nitrogen and oxygen atoms in total. The SMILES string of the molecule is CC1(C)CCc2c(sc3cc(-c4nn[nH]n4)ccc3c2=O)C1. The molecule has 0 saturated carbocycles. The average molecular weight is 312 g/mol. The highest BCUT2D eigenvalue weighted by Gasteiger charge is 2.28. The largest absolute Gasteiger partial charge is 0.289 e. The molecule has 0 atom stereocenters. The molecule has 0 fully saturated rings. The molecule has 1 N–H and O–H groups in total. The van der Waals surface area contributed by atoms with E-state index in [0.717, 1.165) is 40.5 Å². The van der Waals surface area contributed by atoms with Crippen LogP contribution in [0.1, 0.15) is 30.7 Å². The van der Waals surface area contributed by atoms with Crippen LogP contribution in [0.2, 0.25) is 0 Å². The molecule has 0 aliphatic heterocycles. The number of rotatable bonds is 1. The number of aromatic nitrogens is 4. The smallest absolute Gasteiger partial charge is 0.204 e. The summed E-state index contributed by atoms with van der Waals surface area (Å²) in [6.07, 6.45) is 2.94. The van der Waals surface area contributed by atoms with E-state index in [1.807, 2.05) is 18.2 Å². The fourth-order valence-electron chi connectivity index (χ4n) is 3.08. The van der Waals surface area contributed by atoms with Gasteiger partial charge in [0.05, 0.1) is 0 Å². The second-order valence-electron chi connectivity index (χ2n) is 6.62. The number of tetrazole rings is 1. The highest BCUT2D eigenvalue weighted by atomic mass is 32.1. The molecular formula is C16H16N4OS. The lowest BCUT2D eigenvalue weighted by Crippen LogP contribution is -2.26. The number of aromatic amines is 1. The average Bonchev–Trinajstić information content (AvgIpc) is 2.99. The van der Waals surface area contributed by atoms with E-state index in [1.54, 1.807) is 11.3 Å². The van der Waals surface area contributed by atoms with Crippen molar-refractivity contribution >= 4 is 21.4 Å². The van der Waals surface area contributed by atoms with Crippen LogP contribution in [-0.2, 0) is 12.8 Å². The summed E-state index contributed by atoms with van der Waals surface area (Å²) < 4.78 is 1.00. The van der Waals surface area contributed by atoms with Gasteiger partial charge in [-0.1, -0.05) is 19.9 Å². The summed E-state index contributed by atoms with van der Waals surface area (Å²) in [5, 5.41) is 14.9. The van der Waals surface area contributed by atoms with Crippen molar-refractivity contribution in [2.75, 3.05) is 0 Å². The van der Waals surface area contributed by atoms with Crippen molar-refractivity contribution in [1.29, 1.82) is 0 Å². The fraction of sp³-hybridized carbons (Fsp3) is 0.375. The Balaban J connectivity index is 1.93. The van der Waals surface area contributed by atoms with E-state index in [-0.39, 0.29) is 10.8 Å². The lowest BCUT2D eigenvalue weighted by Gasteiger charge is -2.30. The van der Waals surface area contributed by atoms with Crippen LogP contribution in [0, 0.1) is 5.41 Å². The summed E-state index contributed by atoms with van der Waals surface area (Å²) >= 11 is 1.73. The van der Waals surface area contributed by atoms with Crippen LogP contribution in [0.25, 0.3) is 21.5 Å². The zero-order chi connectivity index (χ0) is 15.3. The quantitative estimate of drug-likeness (QED) is 0.750. The van der Waals surface area contributed by atoms with Gasteiger partial charge in [0.25, 0.3) is 0 Å². The van der Waals surface area contributed by atoms with E-state index < -0.39 is 0 Å². The number of nitrogens with zero attached hydrogens (tertiary/aromatic N) is 3. The summed E-state index contributed by atoms with van der Waals surface area (Å²) in [5.41, 5.74) is 2.37. The number of benzene rings is 1. The Morgan fingerprint density at radius 2 is 2.18 bits per heavy atom. The van der Waals surface area contributed by atoms with Crippen LogP contribution >= 0.6 is 11.3 Å². The number of hydrogen-bond donors (Lipinski definition) is 1. The normalized spacial score (nSPS) is 16.6. The summed E-state index contributed by atoms with van der Waals surface area (Å²) in [6, 6.07) is 5.77. The highest BCUT2D eigenvalue weighted by molar-refractivity contribution is 7.18. The van der Waals surface area contributed by atoms with E-state index in [9.17, 15) is 4.79 Å². The van der Waals surface area contributed by atoms with Crippen molar-refractivity contribution in [3.8, 4) is 11.4 Å². The summed E-state index contributed by atoms with van der Waals surface area (Å²) in [4.78, 5) is 14.0. The number of fused-ring (bicyclic) bond motifs is 2. The maximum absolute atomic E-state index is 12.7. The number of nitrogens with one attached hydrogen (secondary N) is 1. The summed E-state index contributed by atoms with van der Waals surface area (Å²) in [5.74, 6) is 0.555. The summed E-state index contributed by atoms with van der Waals surface area (Å²) in [6.45, 7) is 4.54. The maximum Gasteiger partial charge on any atom is 0.204 e. The highest BCUT2D eigenvalue weighted by Crippen LogP contribution is 2.37. The molecule has 1 aliphatic carbocycles. The first kappa shape index (κ1) is 13.6. The van der Waals surface area contributed by atoms with Crippen molar-refractivity contribution in [3.05, 3.63) is 38.9 Å². The molecule has 0 unspecified atom stereocenters. The van der Waals surface area contributed by atoms with Gasteiger partial charge in [-0.3, -0.25) is 4.79 Å². The molecule has 2 aromatic heterocycles. The van der Waals surface area contributed by atoms with Gasteiger partial charge in [-0.2, -0.15) is 5.21 Å². The maximum atomic E-state index is 12.7. The number of hydrogen-bond acceptors (Lipinski definition) is 5. The van der Waals surface area contributed by atoms with Gasteiger partial charge in [0, 0.05) is 26.1 Å². The van der Waals surface area contributed by atoms with Crippen LogP contribution in [0.4, 0.5) is 0 Å². The third-order valence-electron chi connectivity index (χ3n) is 4.36. The van der Waals surface area contributed by atoms with Gasteiger partial charge in [0.1, 0.15) is 0 Å². The van der Waals surface area contributed by atoms with Crippen molar-refractivity contribution in [2.24, 2.45) is 5.41 Å². The van der Waals surface area contributed by atoms with Crippen LogP contribution in [0.15, 0.2) is 23.0 Å². The first-order valence-corrected chi connectivity index (χ1v) is 8.18. The monoisotopic (exact) mass is 312 g/mol. The molecule has 0 saturated heterocycles. The summed E-state index contributed by atoms with van der Waals surface area (Å²) in [7, 11) is 0. The van der Waals surface area contributed by atoms with Gasteiger partial charge in [0.2, 0.25) is 5.82 Å². The minimum absolute atomic E-state index is 0.193. The van der Waals surface area contributed by atoms with Crippen LogP contribution in [0.5, 0.6) is 0 Å². The minimum atomic E-state index is 0.193. The van der Waals surface area contributed by atoms with E-state index in [1.165, 1.54) is 4.88 Å². The molecule has 112 valence electrons. The molecule has 2 heterocycles. The van der Waals surface area contributed by atoms with Gasteiger partial charge in [-0.05, 0) is 42.0 Å². The van der Waals surface area contributed by atoms with Crippen LogP contribution in [0.3, 0.4) is 0 Å². The predicted octanol–water partition coefficient (Wildman–Crippen LogP) is 2.96. The van der Waals surface area contributed by atoms with E-state index in [4.69, 9.17) is 0 Å². The van der Waals surface area contributed by atoms with E-state index >= 15 is 0 Å². The van der Waals surface area contributed by atoms with Crippen molar-refractivity contribution in [2.45, 2.75) is 33.1 Å². The molecule has 0 spiro atoms. The van der Waals surface area contributed by atoms with Gasteiger partial charge in [-0.25, -0.2) is 0 Å². The molecule has 0 amide bonds. The fourth-order valence-corrected chi connectivity index (χ4v) is 4.59. The first-order valence-electron chi connectivity index (χ1n) is 7.36. The Kier molecular flexibility index (Phi) is 2.91. The topological polar surface area (TPSA) is 71.5 Å². The number of H-pyrrole nitrogens is 1. The molecule has 6 heteroatoms. The van der Waals surface area contributed by atoms with E-state index in [2.05, 4.69) is 34.5 Å². The first-order chi connectivity index (χ1) is 10.5. The molecular weight excluding hydrogens is 296 g/mol. The zero-order valence-electron chi connectivity index (χ0n) is 12.5. The van der Waals surface area contributed by atoms with Gasteiger partial charge >= 0.3 is 0 Å². The Labute approximate surface area is 131 Å². The molecule has 0 bridgehead atoms. The van der Waals surface area contributed by atoms with Crippen molar-refractivity contribution < 1.29 is 0 Å². The third-order valence-corrected chi connectivity index (χ3v) is 5.56. The zero-order valence-corrected chi connectivity index (χ0v) is 13.3. The molecule has 22 heavy (non-hydrogen) atoms. The molecule has 1 aromatic carbocycles. The Bertz CT molecular complexity index is 912. The lowest BCUT2D eigenvalue weighted by atomic mass is 9.77. The van der Waals surface area contributed by atoms with Crippen LogP contribution < -0.4 is 5.43 Å². The molecule has 4 rings (SSSR count).